The van der Waals surface area contributed by atoms with Gasteiger partial charge < -0.3 is 4.90 Å². The number of hydrogen-bond donors (Lipinski definition) is 1. The van der Waals surface area contributed by atoms with E-state index in [-0.39, 0.29) is 12.5 Å². The van der Waals surface area contributed by atoms with Gasteiger partial charge in [-0.3, -0.25) is 9.63 Å². The van der Waals surface area contributed by atoms with Gasteiger partial charge in [0.2, 0.25) is 5.91 Å². The van der Waals surface area contributed by atoms with Crippen LogP contribution in [0.25, 0.3) is 0 Å². The molecule has 0 heterocycles. The minimum absolute atomic E-state index is 0.119. The van der Waals surface area contributed by atoms with E-state index in [1.54, 1.807) is 0 Å². The molecular formula is C14H20N2O2. The second-order valence-corrected chi connectivity index (χ2v) is 4.51. The molecule has 1 aromatic carbocycles. The van der Waals surface area contributed by atoms with Gasteiger partial charge in [-0.15, -0.1) is 0 Å². The molecule has 0 aliphatic heterocycles. The van der Waals surface area contributed by atoms with Crippen LogP contribution in [0.3, 0.4) is 0 Å². The minimum Gasteiger partial charge on any atom is -0.339 e. The summed E-state index contributed by atoms with van der Waals surface area (Å²) in [7, 11) is 0. The zero-order chi connectivity index (χ0) is 12.8. The van der Waals surface area contributed by atoms with Gasteiger partial charge in [-0.25, -0.2) is 0 Å². The fourth-order valence-electron chi connectivity index (χ4n) is 1.95. The summed E-state index contributed by atoms with van der Waals surface area (Å²) in [6.45, 7) is 3.52. The second kappa shape index (κ2) is 6.52. The Morgan fingerprint density at radius 2 is 2.11 bits per heavy atom. The van der Waals surface area contributed by atoms with Crippen molar-refractivity contribution in [2.75, 3.05) is 13.1 Å². The monoisotopic (exact) mass is 248 g/mol. The summed E-state index contributed by atoms with van der Waals surface area (Å²) in [5, 5.41) is 0. The topological polar surface area (TPSA) is 41.6 Å². The first kappa shape index (κ1) is 13.1. The largest absolute Gasteiger partial charge is 0.339 e. The molecule has 2 rings (SSSR count). The van der Waals surface area contributed by atoms with Gasteiger partial charge >= 0.3 is 0 Å². The normalized spacial score (nSPS) is 14.5. The number of nitrogens with one attached hydrogen (secondary N) is 1. The molecule has 0 bridgehead atoms. The number of amides is 1. The number of hydrogen-bond acceptors (Lipinski definition) is 3. The summed E-state index contributed by atoms with van der Waals surface area (Å²) in [6.07, 6.45) is 2.29. The van der Waals surface area contributed by atoms with E-state index in [9.17, 15) is 4.79 Å². The van der Waals surface area contributed by atoms with Crippen LogP contribution in [0.4, 0.5) is 0 Å². The molecule has 0 spiro atoms. The highest BCUT2D eigenvalue weighted by molar-refractivity contribution is 5.78. The SMILES string of the molecule is CCN(C(=O)CNOCc1ccccc1)C1CC1. The number of benzene rings is 1. The van der Waals surface area contributed by atoms with Gasteiger partial charge in [0, 0.05) is 12.6 Å². The first-order chi connectivity index (χ1) is 8.81. The molecule has 0 saturated heterocycles. The van der Waals surface area contributed by atoms with E-state index >= 15 is 0 Å². The van der Waals surface area contributed by atoms with E-state index in [2.05, 4.69) is 5.48 Å². The van der Waals surface area contributed by atoms with Crippen molar-refractivity contribution in [3.63, 3.8) is 0 Å². The third-order valence-corrected chi connectivity index (χ3v) is 3.06. The lowest BCUT2D eigenvalue weighted by molar-refractivity contribution is -0.133. The predicted octanol–water partition coefficient (Wildman–Crippen LogP) is 1.72. The van der Waals surface area contributed by atoms with Gasteiger partial charge in [0.25, 0.3) is 0 Å². The van der Waals surface area contributed by atoms with Crippen LogP contribution in [0.15, 0.2) is 30.3 Å². The van der Waals surface area contributed by atoms with Crippen molar-refractivity contribution >= 4 is 5.91 Å². The Morgan fingerprint density at radius 3 is 2.72 bits per heavy atom. The van der Waals surface area contributed by atoms with Crippen LogP contribution >= 0.6 is 0 Å². The van der Waals surface area contributed by atoms with Gasteiger partial charge in [-0.1, -0.05) is 30.3 Å². The predicted molar refractivity (Wildman–Crippen MR) is 69.6 cm³/mol. The third-order valence-electron chi connectivity index (χ3n) is 3.06. The summed E-state index contributed by atoms with van der Waals surface area (Å²) in [6, 6.07) is 10.4. The van der Waals surface area contributed by atoms with Crippen molar-refractivity contribution in [3.05, 3.63) is 35.9 Å². The van der Waals surface area contributed by atoms with Crippen molar-refractivity contribution in [1.82, 2.24) is 10.4 Å². The number of likely N-dealkylation sites (N-methyl/N-ethyl adjacent to an activating group) is 1. The average Bonchev–Trinajstić information content (AvgIpc) is 3.21. The lowest BCUT2D eigenvalue weighted by Gasteiger charge is -2.20. The number of rotatable bonds is 7. The van der Waals surface area contributed by atoms with Crippen LogP contribution in [0.5, 0.6) is 0 Å². The van der Waals surface area contributed by atoms with Gasteiger partial charge in [-0.2, -0.15) is 5.48 Å². The van der Waals surface area contributed by atoms with Crippen molar-refractivity contribution in [1.29, 1.82) is 0 Å². The molecule has 1 aromatic rings. The Kier molecular flexibility index (Phi) is 4.73. The number of carbonyl (C=O) groups is 1. The smallest absolute Gasteiger partial charge is 0.239 e. The molecule has 0 atom stereocenters. The van der Waals surface area contributed by atoms with Crippen LogP contribution in [-0.4, -0.2) is 29.9 Å². The fourth-order valence-corrected chi connectivity index (χ4v) is 1.95. The number of carbonyl (C=O) groups excluding carboxylic acids is 1. The Balaban J connectivity index is 1.64. The molecule has 1 fully saturated rings. The second-order valence-electron chi connectivity index (χ2n) is 4.51. The Hall–Kier alpha value is -1.39. The van der Waals surface area contributed by atoms with E-state index < -0.39 is 0 Å². The van der Waals surface area contributed by atoms with Gasteiger partial charge in [0.05, 0.1) is 6.61 Å². The molecule has 4 nitrogen and oxygen atoms in total. The quantitative estimate of drug-likeness (QED) is 0.590. The van der Waals surface area contributed by atoms with Gasteiger partial charge in [0.1, 0.15) is 6.54 Å². The van der Waals surface area contributed by atoms with Crippen molar-refractivity contribution in [3.8, 4) is 0 Å². The van der Waals surface area contributed by atoms with E-state index in [1.807, 2.05) is 42.2 Å². The lowest BCUT2D eigenvalue weighted by atomic mass is 10.2. The van der Waals surface area contributed by atoms with Crippen LogP contribution < -0.4 is 5.48 Å². The molecule has 98 valence electrons. The van der Waals surface area contributed by atoms with E-state index in [0.29, 0.717) is 12.6 Å². The Labute approximate surface area is 108 Å². The van der Waals surface area contributed by atoms with E-state index in [4.69, 9.17) is 4.84 Å². The van der Waals surface area contributed by atoms with E-state index in [0.717, 1.165) is 24.9 Å². The molecule has 0 unspecified atom stereocenters. The summed E-state index contributed by atoms with van der Waals surface area (Å²) in [5.41, 5.74) is 3.83. The van der Waals surface area contributed by atoms with Crippen LogP contribution in [0, 0.1) is 0 Å². The summed E-state index contributed by atoms with van der Waals surface area (Å²) < 4.78 is 0. The molecule has 1 N–H and O–H groups in total. The van der Waals surface area contributed by atoms with Crippen LogP contribution in [0.1, 0.15) is 25.3 Å². The van der Waals surface area contributed by atoms with Gasteiger partial charge in [-0.05, 0) is 25.3 Å². The molecule has 1 amide bonds. The van der Waals surface area contributed by atoms with Crippen LogP contribution in [0.2, 0.25) is 0 Å². The van der Waals surface area contributed by atoms with Crippen molar-refractivity contribution in [2.24, 2.45) is 0 Å². The molecule has 0 aromatic heterocycles. The van der Waals surface area contributed by atoms with Gasteiger partial charge in [0.15, 0.2) is 0 Å². The number of nitrogens with zero attached hydrogens (tertiary/aromatic N) is 1. The highest BCUT2D eigenvalue weighted by atomic mass is 16.6. The molecule has 4 heteroatoms. The molecule has 18 heavy (non-hydrogen) atoms. The fraction of sp³-hybridized carbons (Fsp3) is 0.500. The first-order valence-electron chi connectivity index (χ1n) is 6.49. The molecule has 1 aliphatic rings. The maximum absolute atomic E-state index is 11.9. The zero-order valence-corrected chi connectivity index (χ0v) is 10.8. The lowest BCUT2D eigenvalue weighted by Crippen LogP contribution is -2.39. The maximum Gasteiger partial charge on any atom is 0.239 e. The third kappa shape index (κ3) is 3.82. The Morgan fingerprint density at radius 1 is 1.39 bits per heavy atom. The summed E-state index contributed by atoms with van der Waals surface area (Å²) >= 11 is 0. The van der Waals surface area contributed by atoms with Crippen molar-refractivity contribution in [2.45, 2.75) is 32.4 Å². The number of hydroxylamine groups is 1. The minimum atomic E-state index is 0.119. The molecular weight excluding hydrogens is 228 g/mol. The standard InChI is InChI=1S/C14H20N2O2/c1-2-16(13-8-9-13)14(17)10-15-18-11-12-6-4-3-5-7-12/h3-7,13,15H,2,8-11H2,1H3. The molecule has 1 saturated carbocycles. The first-order valence-corrected chi connectivity index (χ1v) is 6.49. The average molecular weight is 248 g/mol. The molecule has 0 radical (unpaired) electrons. The van der Waals surface area contributed by atoms with Crippen molar-refractivity contribution < 1.29 is 9.63 Å². The molecule has 1 aliphatic carbocycles. The Bertz CT molecular complexity index is 377. The highest BCUT2D eigenvalue weighted by Gasteiger charge is 2.30. The van der Waals surface area contributed by atoms with E-state index in [1.165, 1.54) is 0 Å². The summed E-state index contributed by atoms with van der Waals surface area (Å²) in [5.74, 6) is 0.119. The maximum atomic E-state index is 11.9. The summed E-state index contributed by atoms with van der Waals surface area (Å²) in [4.78, 5) is 19.1. The highest BCUT2D eigenvalue weighted by Crippen LogP contribution is 2.26. The zero-order valence-electron chi connectivity index (χ0n) is 10.8. The van der Waals surface area contributed by atoms with Crippen LogP contribution in [-0.2, 0) is 16.2 Å².